The van der Waals surface area contributed by atoms with Gasteiger partial charge in [-0.3, -0.25) is 4.90 Å². The number of hydrogen-bond donors (Lipinski definition) is 1. The second-order valence-electron chi connectivity index (χ2n) is 8.11. The number of aliphatic hydroxyl groups excluding tert-OH is 1. The molecule has 1 aliphatic rings. The summed E-state index contributed by atoms with van der Waals surface area (Å²) in [4.78, 5) is 2.31. The highest BCUT2D eigenvalue weighted by molar-refractivity contribution is 5.40. The average molecular weight is 410 g/mol. The van der Waals surface area contributed by atoms with Gasteiger partial charge in [0.25, 0.3) is 0 Å². The Morgan fingerprint density at radius 3 is 2.77 bits per heavy atom. The lowest BCUT2D eigenvalue weighted by molar-refractivity contribution is 0.0128. The zero-order valence-electron chi connectivity index (χ0n) is 17.1. The molecule has 1 saturated heterocycles. The minimum atomic E-state index is -0.248. The Morgan fingerprint density at radius 1 is 1.13 bits per heavy atom. The average Bonchev–Trinajstić information content (AvgIpc) is 3.29. The molecule has 0 unspecified atom stereocenters. The first-order valence-electron chi connectivity index (χ1n) is 10.5. The summed E-state index contributed by atoms with van der Waals surface area (Å²) in [6.07, 6.45) is 6.33. The molecule has 0 saturated carbocycles. The third-order valence-electron chi connectivity index (χ3n) is 5.91. The molecule has 30 heavy (non-hydrogen) atoms. The molecule has 1 aliphatic heterocycles. The van der Waals surface area contributed by atoms with Gasteiger partial charge in [-0.25, -0.2) is 9.07 Å². The molecule has 2 heterocycles. The van der Waals surface area contributed by atoms with E-state index < -0.39 is 0 Å². The van der Waals surface area contributed by atoms with Crippen molar-refractivity contribution >= 4 is 0 Å². The second-order valence-corrected chi connectivity index (χ2v) is 8.11. The molecule has 2 aromatic carbocycles. The van der Waals surface area contributed by atoms with Crippen molar-refractivity contribution in [2.45, 2.75) is 25.8 Å². The molecule has 6 heteroatoms. The van der Waals surface area contributed by atoms with Crippen LogP contribution in [-0.4, -0.2) is 46.1 Å². The summed E-state index contributed by atoms with van der Waals surface area (Å²) >= 11 is 0. The van der Waals surface area contributed by atoms with Crippen molar-refractivity contribution in [3.63, 3.8) is 0 Å². The molecule has 0 amide bonds. The summed E-state index contributed by atoms with van der Waals surface area (Å²) in [6.45, 7) is 3.00. The van der Waals surface area contributed by atoms with Crippen molar-refractivity contribution in [2.75, 3.05) is 26.3 Å². The van der Waals surface area contributed by atoms with Crippen molar-refractivity contribution < 1.29 is 14.2 Å². The topological polar surface area (TPSA) is 50.5 Å². The molecule has 1 fully saturated rings. The van der Waals surface area contributed by atoms with E-state index in [1.807, 2.05) is 42.6 Å². The van der Waals surface area contributed by atoms with Gasteiger partial charge in [-0.2, -0.15) is 5.10 Å². The van der Waals surface area contributed by atoms with Gasteiger partial charge in [0.1, 0.15) is 11.6 Å². The smallest absolute Gasteiger partial charge is 0.123 e. The number of para-hydroxylation sites is 1. The summed E-state index contributed by atoms with van der Waals surface area (Å²) in [5.41, 5.74) is 1.58. The first-order valence-corrected chi connectivity index (χ1v) is 10.5. The van der Waals surface area contributed by atoms with Crippen molar-refractivity contribution in [2.24, 2.45) is 5.41 Å². The predicted molar refractivity (Wildman–Crippen MR) is 114 cm³/mol. The molecule has 4 rings (SSSR count). The molecule has 158 valence electrons. The van der Waals surface area contributed by atoms with Gasteiger partial charge in [-0.05, 0) is 67.8 Å². The predicted octanol–water partition coefficient (Wildman–Crippen LogP) is 4.06. The van der Waals surface area contributed by atoms with E-state index in [-0.39, 0.29) is 17.8 Å². The van der Waals surface area contributed by atoms with Crippen LogP contribution < -0.4 is 4.74 Å². The van der Waals surface area contributed by atoms with Crippen LogP contribution in [-0.2, 0) is 6.54 Å². The number of rotatable bonds is 8. The fourth-order valence-electron chi connectivity index (χ4n) is 4.32. The van der Waals surface area contributed by atoms with Crippen LogP contribution in [0.3, 0.4) is 0 Å². The van der Waals surface area contributed by atoms with E-state index in [2.05, 4.69) is 10.00 Å². The van der Waals surface area contributed by atoms with Gasteiger partial charge < -0.3 is 9.84 Å². The first-order chi connectivity index (χ1) is 14.7. The number of hydrogen-bond acceptors (Lipinski definition) is 4. The van der Waals surface area contributed by atoms with Gasteiger partial charge in [0.05, 0.1) is 18.9 Å². The molecule has 1 N–H and O–H groups in total. The van der Waals surface area contributed by atoms with Crippen LogP contribution in [0.5, 0.6) is 5.75 Å². The summed E-state index contributed by atoms with van der Waals surface area (Å²) in [5, 5.41) is 14.5. The van der Waals surface area contributed by atoms with Crippen molar-refractivity contribution in [1.82, 2.24) is 14.7 Å². The van der Waals surface area contributed by atoms with Gasteiger partial charge in [0.2, 0.25) is 0 Å². The second kappa shape index (κ2) is 9.41. The summed E-state index contributed by atoms with van der Waals surface area (Å²) in [6, 6.07) is 16.4. The number of nitrogens with zero attached hydrogens (tertiary/aromatic N) is 3. The van der Waals surface area contributed by atoms with Gasteiger partial charge in [0, 0.05) is 30.9 Å². The van der Waals surface area contributed by atoms with Gasteiger partial charge in [-0.15, -0.1) is 0 Å². The Morgan fingerprint density at radius 2 is 2.00 bits per heavy atom. The summed E-state index contributed by atoms with van der Waals surface area (Å²) < 4.78 is 21.6. The van der Waals surface area contributed by atoms with Gasteiger partial charge in [-0.1, -0.05) is 18.2 Å². The number of likely N-dealkylation sites (tertiary alicyclic amines) is 1. The molecular weight excluding hydrogens is 381 g/mol. The van der Waals surface area contributed by atoms with Gasteiger partial charge >= 0.3 is 0 Å². The fraction of sp³-hybridized carbons (Fsp3) is 0.375. The molecule has 3 aromatic rings. The van der Waals surface area contributed by atoms with Crippen LogP contribution in [0.2, 0.25) is 0 Å². The largest absolute Gasteiger partial charge is 0.494 e. The molecule has 1 aromatic heterocycles. The standard InChI is InChI=1S/C24H28FN3O2/c25-21-8-9-23(28-14-5-12-26-28)20(16-21)17-27-13-4-10-24(18-27,19-29)11-15-30-22-6-2-1-3-7-22/h1-3,5-9,12,14,16,29H,4,10-11,13,15,17-19H2/t24-/m1/s1. The number of piperidine rings is 1. The summed E-state index contributed by atoms with van der Waals surface area (Å²) in [5.74, 6) is 0.601. The third-order valence-corrected chi connectivity index (χ3v) is 5.91. The lowest BCUT2D eigenvalue weighted by Crippen LogP contribution is -2.45. The van der Waals surface area contributed by atoms with E-state index >= 15 is 0 Å². The van der Waals surface area contributed by atoms with Crippen molar-refractivity contribution in [3.8, 4) is 11.4 Å². The maximum Gasteiger partial charge on any atom is 0.123 e. The maximum atomic E-state index is 14.0. The zero-order chi connectivity index (χ0) is 20.8. The monoisotopic (exact) mass is 409 g/mol. The van der Waals surface area contributed by atoms with E-state index in [0.29, 0.717) is 13.2 Å². The minimum Gasteiger partial charge on any atom is -0.494 e. The highest BCUT2D eigenvalue weighted by Gasteiger charge is 2.35. The van der Waals surface area contributed by atoms with Crippen LogP contribution in [0, 0.1) is 11.2 Å². The zero-order valence-corrected chi connectivity index (χ0v) is 17.1. The molecule has 5 nitrogen and oxygen atoms in total. The lowest BCUT2D eigenvalue weighted by Gasteiger charge is -2.42. The van der Waals surface area contributed by atoms with Crippen LogP contribution in [0.15, 0.2) is 67.0 Å². The molecular formula is C24H28FN3O2. The molecule has 0 radical (unpaired) electrons. The Labute approximate surface area is 176 Å². The van der Waals surface area contributed by atoms with Crippen LogP contribution in [0.25, 0.3) is 5.69 Å². The van der Waals surface area contributed by atoms with Crippen molar-refractivity contribution in [1.29, 1.82) is 0 Å². The molecule has 0 spiro atoms. The normalized spacial score (nSPS) is 19.7. The summed E-state index contributed by atoms with van der Waals surface area (Å²) in [7, 11) is 0. The van der Waals surface area contributed by atoms with Gasteiger partial charge in [0.15, 0.2) is 0 Å². The Hall–Kier alpha value is -2.70. The van der Waals surface area contributed by atoms with E-state index in [1.54, 1.807) is 23.0 Å². The van der Waals surface area contributed by atoms with Crippen LogP contribution >= 0.6 is 0 Å². The quantitative estimate of drug-likeness (QED) is 0.610. The fourth-order valence-corrected chi connectivity index (χ4v) is 4.32. The third kappa shape index (κ3) is 4.89. The van der Waals surface area contributed by atoms with E-state index in [9.17, 15) is 9.50 Å². The van der Waals surface area contributed by atoms with Crippen molar-refractivity contribution in [3.05, 3.63) is 78.4 Å². The van der Waals surface area contributed by atoms with E-state index in [1.165, 1.54) is 6.07 Å². The van der Waals surface area contributed by atoms with Crippen LogP contribution in [0.4, 0.5) is 4.39 Å². The molecule has 1 atom stereocenters. The highest BCUT2D eigenvalue weighted by atomic mass is 19.1. The Balaban J connectivity index is 1.44. The molecule has 0 aliphatic carbocycles. The number of halogens is 1. The SMILES string of the molecule is OC[C@@]1(CCOc2ccccc2)CCCN(Cc2cc(F)ccc2-n2cccn2)C1. The Bertz CT molecular complexity index is 933. The number of aliphatic hydroxyl groups is 1. The number of benzene rings is 2. The highest BCUT2D eigenvalue weighted by Crippen LogP contribution is 2.34. The number of aromatic nitrogens is 2. The first kappa shape index (κ1) is 20.6. The Kier molecular flexibility index (Phi) is 6.45. The number of ether oxygens (including phenoxy) is 1. The molecule has 0 bridgehead atoms. The minimum absolute atomic E-state index is 0.122. The van der Waals surface area contributed by atoms with E-state index in [0.717, 1.165) is 49.4 Å². The maximum absolute atomic E-state index is 14.0. The van der Waals surface area contributed by atoms with Crippen LogP contribution in [0.1, 0.15) is 24.8 Å². The van der Waals surface area contributed by atoms with E-state index in [4.69, 9.17) is 4.74 Å². The lowest BCUT2D eigenvalue weighted by atomic mass is 9.78.